The van der Waals surface area contributed by atoms with Crippen molar-refractivity contribution in [2.24, 2.45) is 5.73 Å². The molecule has 0 spiro atoms. The van der Waals surface area contributed by atoms with Crippen molar-refractivity contribution >= 4 is 5.78 Å². The third-order valence-electron chi connectivity index (χ3n) is 1.26. The molecule has 1 aromatic rings. The largest absolute Gasteiger partial charge is 0.347 e. The molecule has 0 bridgehead atoms. The number of nitrogens with one attached hydrogen (secondary N) is 1. The third-order valence-corrected chi connectivity index (χ3v) is 1.26. The summed E-state index contributed by atoms with van der Waals surface area (Å²) in [6.45, 7) is 1.80. The maximum atomic E-state index is 10.7. The van der Waals surface area contributed by atoms with Crippen molar-refractivity contribution < 1.29 is 4.79 Å². The number of nitrogens with zero attached hydrogens (tertiary/aromatic N) is 1. The minimum Gasteiger partial charge on any atom is -0.347 e. The Balaban J connectivity index is 3.01. The molecule has 0 radical (unpaired) electrons. The lowest BCUT2D eigenvalue weighted by atomic mass is 10.2. The lowest BCUT2D eigenvalue weighted by molar-refractivity contribution is 0.101. The van der Waals surface area contributed by atoms with Crippen LogP contribution in [0.25, 0.3) is 0 Å². The van der Waals surface area contributed by atoms with Gasteiger partial charge in [0.2, 0.25) is 0 Å². The van der Waals surface area contributed by atoms with E-state index in [4.69, 9.17) is 5.73 Å². The smallest absolute Gasteiger partial charge is 0.180 e. The van der Waals surface area contributed by atoms with Crippen LogP contribution in [0.15, 0.2) is 6.33 Å². The fraction of sp³-hybridized carbons (Fsp3) is 0.333. The fourth-order valence-electron chi connectivity index (χ4n) is 0.780. The molecular weight excluding hydrogens is 130 g/mol. The monoisotopic (exact) mass is 139 g/mol. The standard InChI is InChI=1S/C6H9N3O/c1-4(10)6-5(2-7)8-3-9-6/h3H,2,7H2,1H3,(H,8,9). The summed E-state index contributed by atoms with van der Waals surface area (Å²) >= 11 is 0. The second-order valence-electron chi connectivity index (χ2n) is 1.99. The number of imidazole rings is 1. The third kappa shape index (κ3) is 1.06. The van der Waals surface area contributed by atoms with Crippen molar-refractivity contribution in [1.82, 2.24) is 9.97 Å². The van der Waals surface area contributed by atoms with Crippen LogP contribution in [0.4, 0.5) is 0 Å². The number of Topliss-reactive ketones (excluding diaryl/α,β-unsaturated/α-hetero) is 1. The number of aromatic amines is 1. The van der Waals surface area contributed by atoms with Gasteiger partial charge in [-0.2, -0.15) is 0 Å². The van der Waals surface area contributed by atoms with Gasteiger partial charge in [0, 0.05) is 13.5 Å². The Morgan fingerprint density at radius 3 is 3.00 bits per heavy atom. The first-order valence-electron chi connectivity index (χ1n) is 2.99. The number of hydrogen-bond acceptors (Lipinski definition) is 3. The van der Waals surface area contributed by atoms with Crippen LogP contribution in [-0.4, -0.2) is 15.8 Å². The first-order valence-corrected chi connectivity index (χ1v) is 2.99. The van der Waals surface area contributed by atoms with Crippen LogP contribution < -0.4 is 5.73 Å². The molecule has 0 amide bonds. The second kappa shape index (κ2) is 2.62. The lowest BCUT2D eigenvalue weighted by Crippen LogP contribution is -2.04. The first kappa shape index (κ1) is 6.95. The highest BCUT2D eigenvalue weighted by Crippen LogP contribution is 2.01. The summed E-state index contributed by atoms with van der Waals surface area (Å²) < 4.78 is 0. The van der Waals surface area contributed by atoms with Gasteiger partial charge in [-0.25, -0.2) is 4.98 Å². The molecular formula is C6H9N3O. The van der Waals surface area contributed by atoms with E-state index in [1.54, 1.807) is 0 Å². The molecule has 0 unspecified atom stereocenters. The molecule has 1 aromatic heterocycles. The van der Waals surface area contributed by atoms with E-state index in [1.165, 1.54) is 13.3 Å². The van der Waals surface area contributed by atoms with Crippen LogP contribution in [-0.2, 0) is 6.54 Å². The molecule has 1 heterocycles. The summed E-state index contributed by atoms with van der Waals surface area (Å²) in [5.74, 6) is -0.0540. The number of aromatic nitrogens is 2. The zero-order valence-electron chi connectivity index (χ0n) is 5.72. The van der Waals surface area contributed by atoms with E-state index in [-0.39, 0.29) is 5.78 Å². The predicted molar refractivity (Wildman–Crippen MR) is 36.5 cm³/mol. The molecule has 0 aliphatic rings. The van der Waals surface area contributed by atoms with E-state index in [1.807, 2.05) is 0 Å². The van der Waals surface area contributed by atoms with Crippen LogP contribution in [0.3, 0.4) is 0 Å². The van der Waals surface area contributed by atoms with Gasteiger partial charge < -0.3 is 10.7 Å². The van der Waals surface area contributed by atoms with E-state index in [0.717, 1.165) is 0 Å². The molecule has 0 saturated heterocycles. The average molecular weight is 139 g/mol. The van der Waals surface area contributed by atoms with E-state index in [0.29, 0.717) is 17.9 Å². The van der Waals surface area contributed by atoms with Gasteiger partial charge >= 0.3 is 0 Å². The van der Waals surface area contributed by atoms with Gasteiger partial charge in [-0.05, 0) is 0 Å². The number of ketones is 1. The van der Waals surface area contributed by atoms with Crippen LogP contribution in [0.5, 0.6) is 0 Å². The van der Waals surface area contributed by atoms with Gasteiger partial charge in [-0.1, -0.05) is 0 Å². The molecule has 0 saturated carbocycles. The second-order valence-corrected chi connectivity index (χ2v) is 1.99. The molecule has 4 nitrogen and oxygen atoms in total. The summed E-state index contributed by atoms with van der Waals surface area (Å²) in [4.78, 5) is 17.3. The van der Waals surface area contributed by atoms with Crippen molar-refractivity contribution in [1.29, 1.82) is 0 Å². The molecule has 0 aliphatic carbocycles. The van der Waals surface area contributed by atoms with Crippen LogP contribution in [0.2, 0.25) is 0 Å². The summed E-state index contributed by atoms with van der Waals surface area (Å²) in [7, 11) is 0. The Morgan fingerprint density at radius 1 is 1.90 bits per heavy atom. The summed E-state index contributed by atoms with van der Waals surface area (Å²) in [6.07, 6.45) is 1.47. The van der Waals surface area contributed by atoms with E-state index in [9.17, 15) is 4.79 Å². The van der Waals surface area contributed by atoms with E-state index in [2.05, 4.69) is 9.97 Å². The fourth-order valence-corrected chi connectivity index (χ4v) is 0.780. The van der Waals surface area contributed by atoms with E-state index < -0.39 is 0 Å². The number of carbonyl (C=O) groups excluding carboxylic acids is 1. The Labute approximate surface area is 58.5 Å². The Bertz CT molecular complexity index is 241. The maximum Gasteiger partial charge on any atom is 0.180 e. The molecule has 3 N–H and O–H groups in total. The number of H-pyrrole nitrogens is 1. The normalized spacial score (nSPS) is 9.80. The summed E-state index contributed by atoms with van der Waals surface area (Å²) in [5.41, 5.74) is 6.46. The summed E-state index contributed by atoms with van der Waals surface area (Å²) in [6, 6.07) is 0. The highest BCUT2D eigenvalue weighted by Gasteiger charge is 2.06. The molecule has 0 fully saturated rings. The molecule has 0 atom stereocenters. The number of rotatable bonds is 2. The predicted octanol–water partition coefficient (Wildman–Crippen LogP) is 0.0710. The molecule has 54 valence electrons. The zero-order chi connectivity index (χ0) is 7.56. The van der Waals surface area contributed by atoms with Gasteiger partial charge in [-0.15, -0.1) is 0 Å². The Morgan fingerprint density at radius 2 is 2.60 bits per heavy atom. The minimum absolute atomic E-state index is 0.0540. The minimum atomic E-state index is -0.0540. The lowest BCUT2D eigenvalue weighted by Gasteiger charge is -1.91. The van der Waals surface area contributed by atoms with Crippen LogP contribution >= 0.6 is 0 Å². The first-order chi connectivity index (χ1) is 4.75. The van der Waals surface area contributed by atoms with Crippen LogP contribution in [0.1, 0.15) is 23.1 Å². The SMILES string of the molecule is CC(=O)c1nc[nH]c1CN. The topological polar surface area (TPSA) is 71.8 Å². The zero-order valence-corrected chi connectivity index (χ0v) is 5.72. The van der Waals surface area contributed by atoms with Crippen molar-refractivity contribution in [3.63, 3.8) is 0 Å². The van der Waals surface area contributed by atoms with Crippen molar-refractivity contribution in [2.75, 3.05) is 0 Å². The number of hydrogen-bond donors (Lipinski definition) is 2. The highest BCUT2D eigenvalue weighted by atomic mass is 16.1. The van der Waals surface area contributed by atoms with Crippen molar-refractivity contribution in [2.45, 2.75) is 13.5 Å². The quantitative estimate of drug-likeness (QED) is 0.569. The Kier molecular flexibility index (Phi) is 1.82. The number of carbonyl (C=O) groups is 1. The molecule has 10 heavy (non-hydrogen) atoms. The van der Waals surface area contributed by atoms with Gasteiger partial charge in [0.25, 0.3) is 0 Å². The molecule has 0 aliphatic heterocycles. The summed E-state index contributed by atoms with van der Waals surface area (Å²) in [5, 5.41) is 0. The number of nitrogens with two attached hydrogens (primary N) is 1. The van der Waals surface area contributed by atoms with Gasteiger partial charge in [0.1, 0.15) is 5.69 Å². The van der Waals surface area contributed by atoms with Gasteiger partial charge in [-0.3, -0.25) is 4.79 Å². The van der Waals surface area contributed by atoms with Gasteiger partial charge in [0.05, 0.1) is 12.0 Å². The van der Waals surface area contributed by atoms with Crippen LogP contribution in [0, 0.1) is 0 Å². The molecule has 1 rings (SSSR count). The highest BCUT2D eigenvalue weighted by molar-refractivity contribution is 5.93. The van der Waals surface area contributed by atoms with Gasteiger partial charge in [0.15, 0.2) is 5.78 Å². The Hall–Kier alpha value is -1.16. The average Bonchev–Trinajstić information content (AvgIpc) is 2.33. The maximum absolute atomic E-state index is 10.7. The van der Waals surface area contributed by atoms with Crippen molar-refractivity contribution in [3.8, 4) is 0 Å². The molecule has 4 heteroatoms. The van der Waals surface area contributed by atoms with Crippen molar-refractivity contribution in [3.05, 3.63) is 17.7 Å². The molecule has 0 aromatic carbocycles. The van der Waals surface area contributed by atoms with E-state index >= 15 is 0 Å².